The molecule has 0 spiro atoms. The van der Waals surface area contributed by atoms with Crippen molar-refractivity contribution in [2.24, 2.45) is 0 Å². The predicted molar refractivity (Wildman–Crippen MR) is 81.6 cm³/mol. The number of benzene rings is 1. The van der Waals surface area contributed by atoms with Gasteiger partial charge in [0.05, 0.1) is 9.95 Å². The van der Waals surface area contributed by atoms with Crippen LogP contribution in [0, 0.1) is 10.1 Å². The fourth-order valence-electron chi connectivity index (χ4n) is 2.12. The zero-order valence-electron chi connectivity index (χ0n) is 11.2. The minimum Gasteiger partial charge on any atom is -0.314 e. The van der Waals surface area contributed by atoms with Gasteiger partial charge in [0.15, 0.2) is 0 Å². The molecule has 7 nitrogen and oxygen atoms in total. The monoisotopic (exact) mass is 355 g/mol. The Morgan fingerprint density at radius 3 is 2.67 bits per heavy atom. The zero-order chi connectivity index (χ0) is 14.9. The number of nitro groups is 1. The van der Waals surface area contributed by atoms with Gasteiger partial charge >= 0.3 is 0 Å². The summed E-state index contributed by atoms with van der Waals surface area (Å²) in [4.78, 5) is 9.93. The van der Waals surface area contributed by atoms with E-state index in [4.69, 9.17) is 11.6 Å². The summed E-state index contributed by atoms with van der Waals surface area (Å²) in [5.41, 5.74) is -0.234. The maximum absolute atomic E-state index is 12.5. The zero-order valence-corrected chi connectivity index (χ0v) is 13.5. The first kappa shape index (κ1) is 18.1. The number of rotatable bonds is 3. The second-order valence-electron chi connectivity index (χ2n) is 4.54. The van der Waals surface area contributed by atoms with Gasteiger partial charge in [-0.05, 0) is 13.0 Å². The van der Waals surface area contributed by atoms with Crippen molar-refractivity contribution in [2.45, 2.75) is 17.9 Å². The Balaban J connectivity index is 0.00000220. The van der Waals surface area contributed by atoms with E-state index in [0.29, 0.717) is 19.6 Å². The third kappa shape index (κ3) is 3.64. The van der Waals surface area contributed by atoms with E-state index in [1.54, 1.807) is 6.92 Å². The van der Waals surface area contributed by atoms with Gasteiger partial charge in [-0.1, -0.05) is 11.6 Å². The molecule has 118 valence electrons. The molecule has 10 heteroatoms. The first-order chi connectivity index (χ1) is 9.34. The van der Waals surface area contributed by atoms with Crippen molar-refractivity contribution in [1.29, 1.82) is 0 Å². The predicted octanol–water partition coefficient (Wildman–Crippen LogP) is 1.65. The molecule has 1 unspecified atom stereocenters. The molecule has 0 saturated carbocycles. The van der Waals surface area contributed by atoms with Gasteiger partial charge < -0.3 is 5.32 Å². The number of nitro benzene ring substituents is 1. The van der Waals surface area contributed by atoms with E-state index in [1.165, 1.54) is 10.4 Å². The average molecular weight is 356 g/mol. The summed E-state index contributed by atoms with van der Waals surface area (Å²) in [6.45, 7) is 3.26. The number of nitrogens with zero attached hydrogens (tertiary/aromatic N) is 2. The molecule has 1 aromatic rings. The van der Waals surface area contributed by atoms with Crippen molar-refractivity contribution in [2.75, 3.05) is 19.6 Å². The minimum absolute atomic E-state index is 0. The van der Waals surface area contributed by atoms with Gasteiger partial charge in [-0.2, -0.15) is 4.31 Å². The molecule has 0 aliphatic carbocycles. The summed E-state index contributed by atoms with van der Waals surface area (Å²) in [6, 6.07) is 3.19. The Bertz CT molecular complexity index is 638. The van der Waals surface area contributed by atoms with Crippen LogP contribution in [0.4, 0.5) is 5.69 Å². The fourth-order valence-corrected chi connectivity index (χ4v) is 4.26. The lowest BCUT2D eigenvalue weighted by Gasteiger charge is -2.33. The molecule has 1 aromatic carbocycles. The molecule has 1 aliphatic heterocycles. The van der Waals surface area contributed by atoms with E-state index in [-0.39, 0.29) is 34.1 Å². The number of halogens is 2. The molecule has 0 amide bonds. The first-order valence-electron chi connectivity index (χ1n) is 6.00. The summed E-state index contributed by atoms with van der Waals surface area (Å²) in [5.74, 6) is 0. The van der Waals surface area contributed by atoms with Gasteiger partial charge in [0, 0.05) is 37.8 Å². The molecule has 0 radical (unpaired) electrons. The van der Waals surface area contributed by atoms with E-state index < -0.39 is 14.9 Å². The van der Waals surface area contributed by atoms with Crippen LogP contribution in [0.3, 0.4) is 0 Å². The van der Waals surface area contributed by atoms with Crippen molar-refractivity contribution in [3.8, 4) is 0 Å². The lowest BCUT2D eigenvalue weighted by Crippen LogP contribution is -2.52. The number of hydrogen-bond acceptors (Lipinski definition) is 5. The smallest absolute Gasteiger partial charge is 0.271 e. The highest BCUT2D eigenvalue weighted by atomic mass is 35.5. The first-order valence-corrected chi connectivity index (χ1v) is 7.82. The Hall–Kier alpha value is -0.930. The number of piperazine rings is 1. The third-order valence-electron chi connectivity index (χ3n) is 3.15. The topological polar surface area (TPSA) is 92.6 Å². The van der Waals surface area contributed by atoms with E-state index in [0.717, 1.165) is 12.1 Å². The Morgan fingerprint density at radius 1 is 1.48 bits per heavy atom. The molecular formula is C11H15Cl2N3O4S. The van der Waals surface area contributed by atoms with E-state index >= 15 is 0 Å². The highest BCUT2D eigenvalue weighted by molar-refractivity contribution is 7.89. The van der Waals surface area contributed by atoms with E-state index in [2.05, 4.69) is 5.32 Å². The Labute approximate surface area is 133 Å². The van der Waals surface area contributed by atoms with Crippen molar-refractivity contribution in [3.63, 3.8) is 0 Å². The van der Waals surface area contributed by atoms with Crippen LogP contribution in [0.15, 0.2) is 23.1 Å². The number of hydrogen-bond donors (Lipinski definition) is 1. The normalized spacial score (nSPS) is 19.8. The summed E-state index contributed by atoms with van der Waals surface area (Å²) in [6.07, 6.45) is 0. The van der Waals surface area contributed by atoms with Crippen LogP contribution in [-0.2, 0) is 10.0 Å². The second-order valence-corrected chi connectivity index (χ2v) is 6.81. The summed E-state index contributed by atoms with van der Waals surface area (Å²) >= 11 is 5.90. The highest BCUT2D eigenvalue weighted by Crippen LogP contribution is 2.29. The molecule has 1 atom stereocenters. The largest absolute Gasteiger partial charge is 0.314 e. The van der Waals surface area contributed by atoms with Gasteiger partial charge in [-0.15, -0.1) is 12.4 Å². The van der Waals surface area contributed by atoms with E-state index in [1.807, 2.05) is 0 Å². The highest BCUT2D eigenvalue weighted by Gasteiger charge is 2.32. The summed E-state index contributed by atoms with van der Waals surface area (Å²) < 4.78 is 26.4. The lowest BCUT2D eigenvalue weighted by atomic mass is 10.3. The molecule has 0 aromatic heterocycles. The Kier molecular flexibility index (Phi) is 5.94. The molecule has 2 rings (SSSR count). The van der Waals surface area contributed by atoms with E-state index in [9.17, 15) is 18.5 Å². The standard InChI is InChI=1S/C11H14ClN3O4S.ClH/c1-8-7-13-4-5-14(8)20(18,19)11-3-2-9(15(16)17)6-10(11)12;/h2-3,6,8,13H,4-5,7H2,1H3;1H. The quantitative estimate of drug-likeness (QED) is 0.657. The van der Waals surface area contributed by atoms with Gasteiger partial charge in [-0.25, -0.2) is 8.42 Å². The lowest BCUT2D eigenvalue weighted by molar-refractivity contribution is -0.384. The molecule has 1 saturated heterocycles. The van der Waals surface area contributed by atoms with Gasteiger partial charge in [0.25, 0.3) is 5.69 Å². The second kappa shape index (κ2) is 6.89. The van der Waals surface area contributed by atoms with Crippen LogP contribution in [0.1, 0.15) is 6.92 Å². The summed E-state index contributed by atoms with van der Waals surface area (Å²) in [7, 11) is -3.75. The number of nitrogens with one attached hydrogen (secondary N) is 1. The molecule has 1 fully saturated rings. The van der Waals surface area contributed by atoms with Crippen LogP contribution in [0.25, 0.3) is 0 Å². The van der Waals surface area contributed by atoms with Gasteiger partial charge in [-0.3, -0.25) is 10.1 Å². The maximum atomic E-state index is 12.5. The van der Waals surface area contributed by atoms with Crippen LogP contribution in [0.2, 0.25) is 5.02 Å². The van der Waals surface area contributed by atoms with Crippen LogP contribution >= 0.6 is 24.0 Å². The van der Waals surface area contributed by atoms with Crippen molar-refractivity contribution in [3.05, 3.63) is 33.3 Å². The minimum atomic E-state index is -3.75. The van der Waals surface area contributed by atoms with Crippen molar-refractivity contribution < 1.29 is 13.3 Å². The third-order valence-corrected chi connectivity index (χ3v) is 5.65. The van der Waals surface area contributed by atoms with Crippen molar-refractivity contribution >= 4 is 39.7 Å². The SMILES string of the molecule is CC1CNCCN1S(=O)(=O)c1ccc([N+](=O)[O-])cc1Cl.Cl. The van der Waals surface area contributed by atoms with Gasteiger partial charge in [0.1, 0.15) is 4.90 Å². The molecular weight excluding hydrogens is 341 g/mol. The van der Waals surface area contributed by atoms with Crippen LogP contribution < -0.4 is 5.32 Å². The van der Waals surface area contributed by atoms with Crippen molar-refractivity contribution in [1.82, 2.24) is 9.62 Å². The maximum Gasteiger partial charge on any atom is 0.271 e. The van der Waals surface area contributed by atoms with Gasteiger partial charge in [0.2, 0.25) is 10.0 Å². The molecule has 1 aliphatic rings. The molecule has 0 bridgehead atoms. The molecule has 21 heavy (non-hydrogen) atoms. The Morgan fingerprint density at radius 2 is 2.14 bits per heavy atom. The summed E-state index contributed by atoms with van der Waals surface area (Å²) in [5, 5.41) is 13.6. The molecule has 1 N–H and O–H groups in total. The van der Waals surface area contributed by atoms with Crippen LogP contribution in [-0.4, -0.2) is 43.3 Å². The molecule has 1 heterocycles. The number of sulfonamides is 1. The average Bonchev–Trinajstić information content (AvgIpc) is 2.38. The number of non-ortho nitro benzene ring substituents is 1. The van der Waals surface area contributed by atoms with Crippen LogP contribution in [0.5, 0.6) is 0 Å². The fraction of sp³-hybridized carbons (Fsp3) is 0.455.